The molecule has 1 aromatic rings. The smallest absolute Gasteiger partial charge is 0.341 e. The zero-order valence-electron chi connectivity index (χ0n) is 7.50. The van der Waals surface area contributed by atoms with Gasteiger partial charge in [0.2, 0.25) is 5.88 Å². The standard InChI is InChI=1S/C8H6F2INO3/c1-15-7-3(8(13)14)2-4(11)5(12-7)6(9)10/h2,6H,1H3,(H,13,14). The van der Waals surface area contributed by atoms with E-state index in [4.69, 9.17) is 5.11 Å². The second-order valence-corrected chi connectivity index (χ2v) is 3.68. The molecule has 0 spiro atoms. The maximum absolute atomic E-state index is 12.4. The van der Waals surface area contributed by atoms with E-state index < -0.39 is 18.1 Å². The summed E-state index contributed by atoms with van der Waals surface area (Å²) in [7, 11) is 1.18. The topological polar surface area (TPSA) is 59.4 Å². The fraction of sp³-hybridized carbons (Fsp3) is 0.250. The maximum atomic E-state index is 12.4. The van der Waals surface area contributed by atoms with Gasteiger partial charge in [-0.25, -0.2) is 18.6 Å². The van der Waals surface area contributed by atoms with E-state index >= 15 is 0 Å². The normalized spacial score (nSPS) is 10.5. The van der Waals surface area contributed by atoms with Gasteiger partial charge in [0.1, 0.15) is 11.3 Å². The molecule has 15 heavy (non-hydrogen) atoms. The fourth-order valence-corrected chi connectivity index (χ4v) is 1.61. The summed E-state index contributed by atoms with van der Waals surface area (Å²) < 4.78 is 29.5. The lowest BCUT2D eigenvalue weighted by atomic mass is 10.2. The molecule has 82 valence electrons. The molecule has 0 aromatic carbocycles. The molecule has 0 radical (unpaired) electrons. The number of aromatic carboxylic acids is 1. The van der Waals surface area contributed by atoms with Gasteiger partial charge in [-0.1, -0.05) is 0 Å². The number of nitrogens with zero attached hydrogens (tertiary/aromatic N) is 1. The first-order valence-corrected chi connectivity index (χ1v) is 4.81. The van der Waals surface area contributed by atoms with Crippen LogP contribution in [0.3, 0.4) is 0 Å². The molecule has 0 saturated carbocycles. The van der Waals surface area contributed by atoms with Crippen molar-refractivity contribution in [3.8, 4) is 5.88 Å². The van der Waals surface area contributed by atoms with Gasteiger partial charge in [-0.3, -0.25) is 0 Å². The Balaban J connectivity index is 3.35. The molecule has 7 heteroatoms. The average molecular weight is 329 g/mol. The highest BCUT2D eigenvalue weighted by atomic mass is 127. The van der Waals surface area contributed by atoms with Crippen LogP contribution in [0.2, 0.25) is 0 Å². The van der Waals surface area contributed by atoms with Crippen LogP contribution in [0.5, 0.6) is 5.88 Å². The Morgan fingerprint density at radius 3 is 2.67 bits per heavy atom. The van der Waals surface area contributed by atoms with Gasteiger partial charge in [-0.15, -0.1) is 0 Å². The number of hydrogen-bond acceptors (Lipinski definition) is 3. The van der Waals surface area contributed by atoms with Gasteiger partial charge in [-0.2, -0.15) is 0 Å². The number of carbonyl (C=O) groups is 1. The van der Waals surface area contributed by atoms with Crippen molar-refractivity contribution in [2.45, 2.75) is 6.43 Å². The van der Waals surface area contributed by atoms with E-state index in [9.17, 15) is 13.6 Å². The zero-order chi connectivity index (χ0) is 11.6. The van der Waals surface area contributed by atoms with Crippen LogP contribution in [-0.4, -0.2) is 23.2 Å². The molecular weight excluding hydrogens is 323 g/mol. The number of methoxy groups -OCH3 is 1. The van der Waals surface area contributed by atoms with Crippen LogP contribution in [0.1, 0.15) is 22.5 Å². The number of halogens is 3. The Labute approximate surface area is 97.4 Å². The highest BCUT2D eigenvalue weighted by Gasteiger charge is 2.20. The molecule has 0 saturated heterocycles. The van der Waals surface area contributed by atoms with Crippen molar-refractivity contribution in [2.75, 3.05) is 7.11 Å². The molecule has 0 aliphatic rings. The molecule has 1 rings (SSSR count). The monoisotopic (exact) mass is 329 g/mol. The van der Waals surface area contributed by atoms with E-state index in [2.05, 4.69) is 9.72 Å². The summed E-state index contributed by atoms with van der Waals surface area (Å²) in [5, 5.41) is 8.74. The Bertz CT molecular complexity index is 398. The van der Waals surface area contributed by atoms with Crippen LogP contribution >= 0.6 is 22.6 Å². The lowest BCUT2D eigenvalue weighted by Gasteiger charge is -2.08. The lowest BCUT2D eigenvalue weighted by molar-refractivity contribution is 0.0691. The molecule has 4 nitrogen and oxygen atoms in total. The number of rotatable bonds is 3. The van der Waals surface area contributed by atoms with Crippen LogP contribution in [0, 0.1) is 3.57 Å². The van der Waals surface area contributed by atoms with E-state index in [-0.39, 0.29) is 15.0 Å². The summed E-state index contributed by atoms with van der Waals surface area (Å²) in [6.07, 6.45) is -2.76. The first-order chi connectivity index (χ1) is 6.97. The molecule has 0 fully saturated rings. The Morgan fingerprint density at radius 2 is 2.27 bits per heavy atom. The summed E-state index contributed by atoms with van der Waals surface area (Å²) in [6.45, 7) is 0. The Hall–Kier alpha value is -0.990. The molecule has 1 aromatic heterocycles. The number of aromatic nitrogens is 1. The zero-order valence-corrected chi connectivity index (χ0v) is 9.66. The van der Waals surface area contributed by atoms with Crippen LogP contribution in [-0.2, 0) is 0 Å². The largest absolute Gasteiger partial charge is 0.480 e. The van der Waals surface area contributed by atoms with Crippen molar-refractivity contribution >= 4 is 28.6 Å². The molecule has 1 N–H and O–H groups in total. The fourth-order valence-electron chi connectivity index (χ4n) is 0.947. The van der Waals surface area contributed by atoms with E-state index in [1.165, 1.54) is 7.11 Å². The minimum Gasteiger partial charge on any atom is -0.480 e. The van der Waals surface area contributed by atoms with Crippen LogP contribution in [0.25, 0.3) is 0 Å². The van der Waals surface area contributed by atoms with E-state index in [0.717, 1.165) is 6.07 Å². The number of carboxylic acid groups (broad SMARTS) is 1. The highest BCUT2D eigenvalue weighted by molar-refractivity contribution is 14.1. The number of hydrogen-bond donors (Lipinski definition) is 1. The molecule has 0 aliphatic heterocycles. The third kappa shape index (κ3) is 2.52. The average Bonchev–Trinajstić information content (AvgIpc) is 2.16. The second kappa shape index (κ2) is 4.69. The van der Waals surface area contributed by atoms with Gasteiger partial charge in [0.25, 0.3) is 6.43 Å². The van der Waals surface area contributed by atoms with Crippen molar-refractivity contribution in [2.24, 2.45) is 0 Å². The number of pyridine rings is 1. The van der Waals surface area contributed by atoms with Crippen LogP contribution in [0.4, 0.5) is 8.78 Å². The predicted octanol–water partition coefficient (Wildman–Crippen LogP) is 2.33. The third-order valence-corrected chi connectivity index (χ3v) is 2.46. The molecule has 0 bridgehead atoms. The van der Waals surface area contributed by atoms with Gasteiger partial charge in [0.05, 0.1) is 7.11 Å². The van der Waals surface area contributed by atoms with Crippen molar-refractivity contribution in [3.63, 3.8) is 0 Å². The van der Waals surface area contributed by atoms with Crippen LogP contribution in [0.15, 0.2) is 6.07 Å². The first-order valence-electron chi connectivity index (χ1n) is 3.73. The van der Waals surface area contributed by atoms with Crippen molar-refractivity contribution < 1.29 is 23.4 Å². The molecule has 0 aliphatic carbocycles. The SMILES string of the molecule is COc1nc(C(F)F)c(I)cc1C(=O)O. The quantitative estimate of drug-likeness (QED) is 0.865. The Morgan fingerprint density at radius 1 is 1.67 bits per heavy atom. The van der Waals surface area contributed by atoms with E-state index in [1.807, 2.05) is 0 Å². The van der Waals surface area contributed by atoms with Gasteiger partial charge < -0.3 is 9.84 Å². The highest BCUT2D eigenvalue weighted by Crippen LogP contribution is 2.27. The summed E-state index contributed by atoms with van der Waals surface area (Å²) in [5.41, 5.74) is -0.705. The van der Waals surface area contributed by atoms with Gasteiger partial charge in [0.15, 0.2) is 0 Å². The van der Waals surface area contributed by atoms with Crippen LogP contribution < -0.4 is 4.74 Å². The maximum Gasteiger partial charge on any atom is 0.341 e. The lowest BCUT2D eigenvalue weighted by Crippen LogP contribution is -2.06. The number of alkyl halides is 2. The van der Waals surface area contributed by atoms with Gasteiger partial charge in [0, 0.05) is 3.57 Å². The molecular formula is C8H6F2INO3. The van der Waals surface area contributed by atoms with Crippen molar-refractivity contribution in [1.82, 2.24) is 4.98 Å². The van der Waals surface area contributed by atoms with Crippen molar-refractivity contribution in [1.29, 1.82) is 0 Å². The van der Waals surface area contributed by atoms with Gasteiger partial charge >= 0.3 is 5.97 Å². The second-order valence-electron chi connectivity index (χ2n) is 2.52. The summed E-state index contributed by atoms with van der Waals surface area (Å²) in [5.74, 6) is -1.57. The van der Waals surface area contributed by atoms with E-state index in [1.54, 1.807) is 22.6 Å². The molecule has 1 heterocycles. The summed E-state index contributed by atoms with van der Waals surface area (Å²) in [4.78, 5) is 14.2. The van der Waals surface area contributed by atoms with Crippen molar-refractivity contribution in [3.05, 3.63) is 20.9 Å². The minimum absolute atomic E-state index is 0.0980. The third-order valence-electron chi connectivity index (χ3n) is 1.60. The summed E-state index contributed by atoms with van der Waals surface area (Å²) in [6, 6.07) is 1.11. The summed E-state index contributed by atoms with van der Waals surface area (Å²) >= 11 is 1.61. The predicted molar refractivity (Wildman–Crippen MR) is 55.4 cm³/mol. The van der Waals surface area contributed by atoms with Gasteiger partial charge in [-0.05, 0) is 28.7 Å². The minimum atomic E-state index is -2.76. The molecule has 0 amide bonds. The number of ether oxygens (including phenoxy) is 1. The molecule has 0 atom stereocenters. The molecule has 0 unspecified atom stereocenters. The number of carboxylic acids is 1. The Kier molecular flexibility index (Phi) is 3.77. The van der Waals surface area contributed by atoms with E-state index in [0.29, 0.717) is 0 Å². The first kappa shape index (κ1) is 12.1.